The van der Waals surface area contributed by atoms with Gasteiger partial charge in [-0.1, -0.05) is 40.0 Å². The fourth-order valence-electron chi connectivity index (χ4n) is 4.28. The maximum absolute atomic E-state index is 13.6. The SMILES string of the molecule is CC(=O)CN(CC(=O)NC(C(=O)NCC(N)=O)C1CCCCC1)C(=O)C(NC(=O)OC(C)(C)C)C(C)(C)C. The lowest BCUT2D eigenvalue weighted by molar-refractivity contribution is -0.142. The van der Waals surface area contributed by atoms with E-state index < -0.39 is 59.4 Å². The Labute approximate surface area is 225 Å². The molecule has 2 atom stereocenters. The zero-order chi connectivity index (χ0) is 29.3. The molecule has 38 heavy (non-hydrogen) atoms. The van der Waals surface area contributed by atoms with Gasteiger partial charge in [-0.25, -0.2) is 4.79 Å². The lowest BCUT2D eigenvalue weighted by Gasteiger charge is -2.35. The fourth-order valence-corrected chi connectivity index (χ4v) is 4.28. The predicted molar refractivity (Wildman–Crippen MR) is 141 cm³/mol. The summed E-state index contributed by atoms with van der Waals surface area (Å²) in [6, 6.07) is -2.02. The molecule has 1 aliphatic carbocycles. The average Bonchev–Trinajstić information content (AvgIpc) is 2.77. The third-order valence-corrected chi connectivity index (χ3v) is 5.99. The molecule has 0 aromatic carbocycles. The van der Waals surface area contributed by atoms with Gasteiger partial charge in [0.1, 0.15) is 30.0 Å². The molecule has 12 heteroatoms. The first-order valence-electron chi connectivity index (χ1n) is 13.0. The van der Waals surface area contributed by atoms with Gasteiger partial charge in [0.05, 0.1) is 13.1 Å². The lowest BCUT2D eigenvalue weighted by atomic mass is 9.83. The van der Waals surface area contributed by atoms with Crippen LogP contribution in [0, 0.1) is 11.3 Å². The minimum Gasteiger partial charge on any atom is -0.444 e. The molecule has 12 nitrogen and oxygen atoms in total. The molecule has 1 rings (SSSR count). The minimum atomic E-state index is -1.10. The molecule has 0 spiro atoms. The molecule has 0 saturated heterocycles. The molecule has 0 radical (unpaired) electrons. The van der Waals surface area contributed by atoms with Crippen molar-refractivity contribution in [3.63, 3.8) is 0 Å². The lowest BCUT2D eigenvalue weighted by Crippen LogP contribution is -2.59. The number of primary amides is 1. The van der Waals surface area contributed by atoms with E-state index in [4.69, 9.17) is 10.5 Å². The first-order chi connectivity index (χ1) is 17.4. The van der Waals surface area contributed by atoms with Crippen molar-refractivity contribution in [2.24, 2.45) is 17.1 Å². The second-order valence-electron chi connectivity index (χ2n) is 12.0. The van der Waals surface area contributed by atoms with Crippen LogP contribution in [0.4, 0.5) is 4.79 Å². The number of Topliss-reactive ketones (excluding diaryl/α,β-unsaturated/α-hetero) is 1. The molecule has 1 aliphatic rings. The third kappa shape index (κ3) is 11.9. The molecule has 216 valence electrons. The van der Waals surface area contributed by atoms with Crippen molar-refractivity contribution >= 4 is 35.5 Å². The zero-order valence-corrected chi connectivity index (χ0v) is 23.8. The van der Waals surface area contributed by atoms with E-state index in [0.29, 0.717) is 0 Å². The van der Waals surface area contributed by atoms with Gasteiger partial charge in [0.15, 0.2) is 0 Å². The van der Waals surface area contributed by atoms with E-state index in [1.54, 1.807) is 41.5 Å². The Morgan fingerprint density at radius 1 is 0.921 bits per heavy atom. The van der Waals surface area contributed by atoms with Crippen LogP contribution in [0.25, 0.3) is 0 Å². The summed E-state index contributed by atoms with van der Waals surface area (Å²) in [6.45, 7) is 10.3. The van der Waals surface area contributed by atoms with E-state index in [1.807, 2.05) is 0 Å². The average molecular weight is 540 g/mol. The molecular formula is C26H45N5O7. The van der Waals surface area contributed by atoms with Crippen molar-refractivity contribution in [2.45, 2.75) is 98.3 Å². The van der Waals surface area contributed by atoms with E-state index in [0.717, 1.165) is 37.0 Å². The van der Waals surface area contributed by atoms with Crippen LogP contribution in [-0.4, -0.2) is 77.7 Å². The molecule has 0 heterocycles. The Kier molecular flexibility index (Phi) is 12.2. The first kappa shape index (κ1) is 32.8. The quantitative estimate of drug-likeness (QED) is 0.303. The fraction of sp³-hybridized carbons (Fsp3) is 0.769. The van der Waals surface area contributed by atoms with Crippen LogP contribution in [0.15, 0.2) is 0 Å². The normalized spacial score (nSPS) is 16.0. The van der Waals surface area contributed by atoms with Gasteiger partial charge in [0.25, 0.3) is 0 Å². The van der Waals surface area contributed by atoms with Crippen LogP contribution in [-0.2, 0) is 28.7 Å². The molecule has 5 amide bonds. The smallest absolute Gasteiger partial charge is 0.408 e. The number of nitrogens with zero attached hydrogens (tertiary/aromatic N) is 1. The second kappa shape index (κ2) is 14.1. The van der Waals surface area contributed by atoms with Crippen molar-refractivity contribution < 1.29 is 33.5 Å². The molecule has 0 aromatic heterocycles. The van der Waals surface area contributed by atoms with Gasteiger partial charge < -0.3 is 31.3 Å². The Morgan fingerprint density at radius 2 is 1.50 bits per heavy atom. The van der Waals surface area contributed by atoms with Crippen molar-refractivity contribution in [3.8, 4) is 0 Å². The van der Waals surface area contributed by atoms with Crippen molar-refractivity contribution in [3.05, 3.63) is 0 Å². The molecule has 5 N–H and O–H groups in total. The van der Waals surface area contributed by atoms with E-state index in [-0.39, 0.29) is 24.8 Å². The zero-order valence-electron chi connectivity index (χ0n) is 23.8. The van der Waals surface area contributed by atoms with Crippen LogP contribution >= 0.6 is 0 Å². The number of alkyl carbamates (subject to hydrolysis) is 1. The summed E-state index contributed by atoms with van der Waals surface area (Å²) in [4.78, 5) is 76.2. The number of nitrogens with two attached hydrogens (primary N) is 1. The second-order valence-corrected chi connectivity index (χ2v) is 12.0. The van der Waals surface area contributed by atoms with Gasteiger partial charge in [0, 0.05) is 0 Å². The third-order valence-electron chi connectivity index (χ3n) is 5.99. The van der Waals surface area contributed by atoms with Crippen molar-refractivity contribution in [1.82, 2.24) is 20.9 Å². The molecule has 0 bridgehead atoms. The number of rotatable bonds is 11. The Bertz CT molecular complexity index is 885. The molecule has 0 aromatic rings. The number of nitrogens with one attached hydrogen (secondary N) is 3. The Hall–Kier alpha value is -3.18. The highest BCUT2D eigenvalue weighted by molar-refractivity contribution is 5.95. The predicted octanol–water partition coefficient (Wildman–Crippen LogP) is 1.01. The number of hydrogen-bond acceptors (Lipinski definition) is 7. The highest BCUT2D eigenvalue weighted by Crippen LogP contribution is 2.27. The molecule has 1 fully saturated rings. The summed E-state index contributed by atoms with van der Waals surface area (Å²) in [5.41, 5.74) is 3.57. The van der Waals surface area contributed by atoms with E-state index in [2.05, 4.69) is 16.0 Å². The van der Waals surface area contributed by atoms with Gasteiger partial charge in [-0.05, 0) is 51.9 Å². The number of carbonyl (C=O) groups is 6. The maximum atomic E-state index is 13.6. The maximum Gasteiger partial charge on any atom is 0.408 e. The van der Waals surface area contributed by atoms with Crippen LogP contribution in [0.2, 0.25) is 0 Å². The molecule has 1 saturated carbocycles. The van der Waals surface area contributed by atoms with E-state index >= 15 is 0 Å². The summed E-state index contributed by atoms with van der Waals surface area (Å²) in [5, 5.41) is 7.72. The van der Waals surface area contributed by atoms with E-state index in [9.17, 15) is 28.8 Å². The van der Waals surface area contributed by atoms with E-state index in [1.165, 1.54) is 6.92 Å². The van der Waals surface area contributed by atoms with Crippen LogP contribution in [0.1, 0.15) is 80.6 Å². The Morgan fingerprint density at radius 3 is 1.97 bits per heavy atom. The molecule has 2 unspecified atom stereocenters. The van der Waals surface area contributed by atoms with Gasteiger partial charge in [-0.2, -0.15) is 0 Å². The summed E-state index contributed by atoms with van der Waals surface area (Å²) >= 11 is 0. The van der Waals surface area contributed by atoms with Crippen molar-refractivity contribution in [1.29, 1.82) is 0 Å². The largest absolute Gasteiger partial charge is 0.444 e. The molecule has 0 aliphatic heterocycles. The molecular weight excluding hydrogens is 494 g/mol. The number of ether oxygens (including phenoxy) is 1. The van der Waals surface area contributed by atoms with Crippen molar-refractivity contribution in [2.75, 3.05) is 19.6 Å². The van der Waals surface area contributed by atoms with Gasteiger partial charge in [-0.3, -0.25) is 24.0 Å². The monoisotopic (exact) mass is 539 g/mol. The van der Waals surface area contributed by atoms with Gasteiger partial charge >= 0.3 is 6.09 Å². The van der Waals surface area contributed by atoms with Gasteiger partial charge in [0.2, 0.25) is 23.6 Å². The first-order valence-corrected chi connectivity index (χ1v) is 13.0. The van der Waals surface area contributed by atoms with Gasteiger partial charge in [-0.15, -0.1) is 0 Å². The van der Waals surface area contributed by atoms with Crippen LogP contribution in [0.5, 0.6) is 0 Å². The number of ketones is 1. The number of hydrogen-bond donors (Lipinski definition) is 4. The number of amides is 5. The summed E-state index contributed by atoms with van der Waals surface area (Å²) in [5.74, 6) is -3.04. The number of carbonyl (C=O) groups excluding carboxylic acids is 6. The highest BCUT2D eigenvalue weighted by atomic mass is 16.6. The summed E-state index contributed by atoms with van der Waals surface area (Å²) < 4.78 is 5.30. The summed E-state index contributed by atoms with van der Waals surface area (Å²) in [6.07, 6.45) is 3.46. The standard InChI is InChI=1S/C26H45N5O7/c1-16(32)14-31(23(36)21(25(2,3)4)30-24(37)38-26(5,6)7)15-19(34)29-20(17-11-9-8-10-12-17)22(35)28-13-18(27)33/h17,20-21H,8-15H2,1-7H3,(H2,27,33)(H,28,35)(H,29,34)(H,30,37). The summed E-state index contributed by atoms with van der Waals surface area (Å²) in [7, 11) is 0. The minimum absolute atomic E-state index is 0.145. The highest BCUT2D eigenvalue weighted by Gasteiger charge is 2.38. The topological polar surface area (TPSA) is 177 Å². The van der Waals surface area contributed by atoms with Crippen LogP contribution in [0.3, 0.4) is 0 Å². The van der Waals surface area contributed by atoms with Crippen LogP contribution < -0.4 is 21.7 Å². The Balaban J connectivity index is 3.12.